The molecule has 6 heteroatoms. The van der Waals surface area contributed by atoms with Crippen molar-refractivity contribution in [2.75, 3.05) is 0 Å². The molecule has 0 unspecified atom stereocenters. The molecular weight excluding hydrogens is 270 g/mol. The Bertz CT molecular complexity index is 622. The van der Waals surface area contributed by atoms with Crippen molar-refractivity contribution in [2.45, 2.75) is 56.9 Å². The first-order valence-electron chi connectivity index (χ1n) is 7.66. The van der Waals surface area contributed by atoms with Crippen molar-refractivity contribution in [3.63, 3.8) is 0 Å². The number of aromatic amines is 1. The highest BCUT2D eigenvalue weighted by atomic mass is 16.4. The topological polar surface area (TPSA) is 95.1 Å². The number of hydrogen-bond donors (Lipinski definition) is 3. The van der Waals surface area contributed by atoms with E-state index in [2.05, 4.69) is 15.5 Å². The van der Waals surface area contributed by atoms with E-state index in [-0.39, 0.29) is 11.3 Å². The maximum Gasteiger partial charge on any atom is 0.329 e. The fraction of sp³-hybridized carbons (Fsp3) is 0.667. The van der Waals surface area contributed by atoms with Gasteiger partial charge in [-0.25, -0.2) is 4.79 Å². The Hall–Kier alpha value is -1.85. The minimum atomic E-state index is -1.08. The van der Waals surface area contributed by atoms with Crippen LogP contribution in [0.15, 0.2) is 0 Å². The number of aromatic nitrogens is 2. The third-order valence-corrected chi connectivity index (χ3v) is 5.55. The molecule has 3 N–H and O–H groups in total. The van der Waals surface area contributed by atoms with E-state index in [0.717, 1.165) is 43.4 Å². The third kappa shape index (κ3) is 1.74. The number of nitrogens with one attached hydrogen (secondary N) is 2. The number of aryl methyl sites for hydroxylation is 1. The van der Waals surface area contributed by atoms with E-state index in [1.54, 1.807) is 0 Å². The number of nitrogens with zero attached hydrogens (tertiary/aromatic N) is 1. The lowest BCUT2D eigenvalue weighted by Crippen LogP contribution is -2.68. The molecule has 3 aliphatic carbocycles. The molecule has 2 fully saturated rings. The van der Waals surface area contributed by atoms with Gasteiger partial charge in [0.1, 0.15) is 5.54 Å². The van der Waals surface area contributed by atoms with Crippen LogP contribution in [0.25, 0.3) is 0 Å². The number of rotatable bonds is 3. The standard InChI is InChI=1S/C15H19N3O3/c19-12(11-9-3-1-4-10(9)17-18-11)16-15(13(20)21)7-14(8-15)5-2-6-14/h1-8H2,(H,16,19)(H,17,18)(H,20,21). The Morgan fingerprint density at radius 2 is 1.95 bits per heavy atom. The fourth-order valence-corrected chi connectivity index (χ4v) is 4.34. The number of fused-ring (bicyclic) bond motifs is 1. The van der Waals surface area contributed by atoms with Gasteiger partial charge >= 0.3 is 5.97 Å². The summed E-state index contributed by atoms with van der Waals surface area (Å²) in [6, 6.07) is 0. The summed E-state index contributed by atoms with van der Waals surface area (Å²) in [5.41, 5.74) is 1.47. The van der Waals surface area contributed by atoms with Gasteiger partial charge in [-0.1, -0.05) is 6.42 Å². The van der Waals surface area contributed by atoms with Gasteiger partial charge in [0.2, 0.25) is 0 Å². The molecule has 1 spiro atoms. The molecule has 4 rings (SSSR count). The molecule has 0 bridgehead atoms. The Kier molecular flexibility index (Phi) is 2.50. The van der Waals surface area contributed by atoms with Crippen molar-refractivity contribution >= 4 is 11.9 Å². The quantitative estimate of drug-likeness (QED) is 0.784. The summed E-state index contributed by atoms with van der Waals surface area (Å²) in [5.74, 6) is -1.26. The van der Waals surface area contributed by atoms with E-state index < -0.39 is 11.5 Å². The molecule has 0 aromatic carbocycles. The summed E-state index contributed by atoms with van der Waals surface area (Å²) >= 11 is 0. The highest BCUT2D eigenvalue weighted by molar-refractivity contribution is 5.98. The SMILES string of the molecule is O=C(NC1(C(=O)O)CC2(CCC2)C1)c1n[nH]c2c1CCC2. The lowest BCUT2D eigenvalue weighted by molar-refractivity contribution is -0.161. The van der Waals surface area contributed by atoms with Crippen molar-refractivity contribution in [3.05, 3.63) is 17.0 Å². The van der Waals surface area contributed by atoms with Crippen LogP contribution >= 0.6 is 0 Å². The number of carbonyl (C=O) groups is 2. The number of carbonyl (C=O) groups excluding carboxylic acids is 1. The first kappa shape index (κ1) is 12.9. The van der Waals surface area contributed by atoms with E-state index in [0.29, 0.717) is 18.5 Å². The maximum absolute atomic E-state index is 12.4. The Morgan fingerprint density at radius 3 is 2.57 bits per heavy atom. The summed E-state index contributed by atoms with van der Waals surface area (Å²) < 4.78 is 0. The van der Waals surface area contributed by atoms with Crippen LogP contribution in [0.5, 0.6) is 0 Å². The number of aliphatic carboxylic acids is 1. The molecule has 1 amide bonds. The summed E-state index contributed by atoms with van der Waals surface area (Å²) in [6.45, 7) is 0. The molecule has 0 radical (unpaired) electrons. The second-order valence-corrected chi connectivity index (χ2v) is 6.93. The molecule has 21 heavy (non-hydrogen) atoms. The molecule has 1 heterocycles. The lowest BCUT2D eigenvalue weighted by Gasteiger charge is -2.58. The van der Waals surface area contributed by atoms with Crippen molar-refractivity contribution in [3.8, 4) is 0 Å². The number of carboxylic acids is 1. The van der Waals surface area contributed by atoms with Gasteiger partial charge < -0.3 is 10.4 Å². The normalized spacial score (nSPS) is 24.0. The van der Waals surface area contributed by atoms with Crippen molar-refractivity contribution in [1.29, 1.82) is 0 Å². The highest BCUT2D eigenvalue weighted by Gasteiger charge is 2.62. The first-order chi connectivity index (χ1) is 10.0. The van der Waals surface area contributed by atoms with Crippen molar-refractivity contribution in [2.24, 2.45) is 5.41 Å². The first-order valence-corrected chi connectivity index (χ1v) is 7.66. The molecule has 1 aromatic heterocycles. The monoisotopic (exact) mass is 289 g/mol. The molecule has 1 aromatic rings. The van der Waals surface area contributed by atoms with E-state index in [4.69, 9.17) is 0 Å². The van der Waals surface area contributed by atoms with Crippen LogP contribution in [0.1, 0.15) is 60.3 Å². The van der Waals surface area contributed by atoms with Crippen molar-refractivity contribution < 1.29 is 14.7 Å². The van der Waals surface area contributed by atoms with Crippen molar-refractivity contribution in [1.82, 2.24) is 15.5 Å². The van der Waals surface area contributed by atoms with E-state index >= 15 is 0 Å². The van der Waals surface area contributed by atoms with Crippen LogP contribution in [-0.2, 0) is 17.6 Å². The van der Waals surface area contributed by atoms with Gasteiger partial charge in [0.15, 0.2) is 5.69 Å². The Balaban J connectivity index is 1.53. The summed E-state index contributed by atoms with van der Waals surface area (Å²) in [5, 5.41) is 19.3. The van der Waals surface area contributed by atoms with Gasteiger partial charge in [0, 0.05) is 11.3 Å². The van der Waals surface area contributed by atoms with E-state index in [9.17, 15) is 14.7 Å². The molecule has 6 nitrogen and oxygen atoms in total. The number of carboxylic acid groups (broad SMARTS) is 1. The largest absolute Gasteiger partial charge is 0.480 e. The molecule has 112 valence electrons. The third-order valence-electron chi connectivity index (χ3n) is 5.55. The fourth-order valence-electron chi connectivity index (χ4n) is 4.34. The van der Waals surface area contributed by atoms with Gasteiger partial charge in [-0.05, 0) is 50.4 Å². The second kappa shape index (κ2) is 4.08. The minimum Gasteiger partial charge on any atom is -0.480 e. The zero-order chi connectivity index (χ0) is 14.7. The molecule has 0 aliphatic heterocycles. The van der Waals surface area contributed by atoms with Gasteiger partial charge in [-0.15, -0.1) is 0 Å². The predicted molar refractivity (Wildman–Crippen MR) is 74.0 cm³/mol. The minimum absolute atomic E-state index is 0.180. The van der Waals surface area contributed by atoms with Crippen LogP contribution < -0.4 is 5.32 Å². The lowest BCUT2D eigenvalue weighted by atomic mass is 9.48. The van der Waals surface area contributed by atoms with Gasteiger partial charge in [-0.3, -0.25) is 9.89 Å². The average molecular weight is 289 g/mol. The Labute approximate surface area is 122 Å². The smallest absolute Gasteiger partial charge is 0.329 e. The molecule has 0 atom stereocenters. The number of amides is 1. The van der Waals surface area contributed by atoms with E-state index in [1.807, 2.05) is 0 Å². The van der Waals surface area contributed by atoms with Crippen LogP contribution in [0.4, 0.5) is 0 Å². The Morgan fingerprint density at radius 1 is 1.19 bits per heavy atom. The molecule has 0 saturated heterocycles. The summed E-state index contributed by atoms with van der Waals surface area (Å²) in [6.07, 6.45) is 7.28. The van der Waals surface area contributed by atoms with Gasteiger partial charge in [-0.2, -0.15) is 5.10 Å². The molecule has 2 saturated carbocycles. The van der Waals surface area contributed by atoms with Crippen LogP contribution in [0, 0.1) is 5.41 Å². The molecular formula is C15H19N3O3. The summed E-state index contributed by atoms with van der Waals surface area (Å²) in [4.78, 5) is 24.1. The second-order valence-electron chi connectivity index (χ2n) is 6.93. The average Bonchev–Trinajstić information content (AvgIpc) is 2.91. The van der Waals surface area contributed by atoms with Gasteiger partial charge in [0.05, 0.1) is 0 Å². The van der Waals surface area contributed by atoms with E-state index in [1.165, 1.54) is 6.42 Å². The zero-order valence-electron chi connectivity index (χ0n) is 11.9. The summed E-state index contributed by atoms with van der Waals surface area (Å²) in [7, 11) is 0. The molecule has 3 aliphatic rings. The number of hydrogen-bond acceptors (Lipinski definition) is 3. The van der Waals surface area contributed by atoms with Crippen LogP contribution in [0.3, 0.4) is 0 Å². The van der Waals surface area contributed by atoms with Crippen LogP contribution in [-0.4, -0.2) is 32.7 Å². The van der Waals surface area contributed by atoms with Crippen LogP contribution in [0.2, 0.25) is 0 Å². The maximum atomic E-state index is 12.4. The highest BCUT2D eigenvalue weighted by Crippen LogP contribution is 2.60. The number of H-pyrrole nitrogens is 1. The zero-order valence-corrected chi connectivity index (χ0v) is 11.9. The predicted octanol–water partition coefficient (Wildman–Crippen LogP) is 1.42. The van der Waals surface area contributed by atoms with Gasteiger partial charge in [0.25, 0.3) is 5.91 Å².